The molecular formula is C31H29NO5. The summed E-state index contributed by atoms with van der Waals surface area (Å²) < 4.78 is 17.3. The zero-order valence-corrected chi connectivity index (χ0v) is 21.0. The number of Topliss-reactive ketones (excluding diaryl/α,β-unsaturated/α-hetero) is 1. The van der Waals surface area contributed by atoms with E-state index in [-0.39, 0.29) is 17.7 Å². The monoisotopic (exact) mass is 495 g/mol. The van der Waals surface area contributed by atoms with Gasteiger partial charge in [0.05, 0.1) is 26.0 Å². The van der Waals surface area contributed by atoms with Crippen LogP contribution in [0.2, 0.25) is 0 Å². The number of amides is 1. The van der Waals surface area contributed by atoms with Crippen LogP contribution in [0, 0.1) is 0 Å². The molecule has 0 saturated carbocycles. The summed E-state index contributed by atoms with van der Waals surface area (Å²) in [6.45, 7) is 2.27. The van der Waals surface area contributed by atoms with E-state index in [1.807, 2.05) is 77.7 Å². The van der Waals surface area contributed by atoms with Crippen molar-refractivity contribution in [2.75, 3.05) is 7.11 Å². The highest BCUT2D eigenvalue weighted by atomic mass is 16.5. The largest absolute Gasteiger partial charge is 0.496 e. The highest BCUT2D eigenvalue weighted by Crippen LogP contribution is 2.36. The Hall–Kier alpha value is -4.32. The molecule has 0 fully saturated rings. The maximum atomic E-state index is 13.6. The van der Waals surface area contributed by atoms with Crippen molar-refractivity contribution >= 4 is 11.7 Å². The van der Waals surface area contributed by atoms with Crippen LogP contribution in [0.3, 0.4) is 0 Å². The van der Waals surface area contributed by atoms with Gasteiger partial charge in [-0.3, -0.25) is 9.59 Å². The van der Waals surface area contributed by atoms with Gasteiger partial charge in [0, 0.05) is 17.5 Å². The number of furan rings is 1. The van der Waals surface area contributed by atoms with Gasteiger partial charge < -0.3 is 18.8 Å². The summed E-state index contributed by atoms with van der Waals surface area (Å²) in [5, 5.41) is 0. The van der Waals surface area contributed by atoms with Crippen LogP contribution >= 0.6 is 0 Å². The number of ketones is 1. The molecule has 0 spiro atoms. The molecular weight excluding hydrogens is 466 g/mol. The van der Waals surface area contributed by atoms with Gasteiger partial charge in [-0.05, 0) is 72.5 Å². The molecule has 3 aromatic carbocycles. The van der Waals surface area contributed by atoms with Crippen LogP contribution in [-0.4, -0.2) is 23.7 Å². The lowest BCUT2D eigenvalue weighted by molar-refractivity contribution is -0.116. The van der Waals surface area contributed by atoms with E-state index in [0.717, 1.165) is 39.3 Å². The first-order valence-corrected chi connectivity index (χ1v) is 12.3. The lowest BCUT2D eigenvalue weighted by atomic mass is 9.88. The maximum absolute atomic E-state index is 13.6. The summed E-state index contributed by atoms with van der Waals surface area (Å²) in [6, 6.07) is 24.9. The van der Waals surface area contributed by atoms with Gasteiger partial charge in [0.25, 0.3) is 5.91 Å². The van der Waals surface area contributed by atoms with Crippen molar-refractivity contribution in [1.29, 1.82) is 0 Å². The number of rotatable bonds is 9. The smallest absolute Gasteiger partial charge is 0.255 e. The Morgan fingerprint density at radius 1 is 1.03 bits per heavy atom. The summed E-state index contributed by atoms with van der Waals surface area (Å²) in [4.78, 5) is 26.8. The number of benzene rings is 3. The van der Waals surface area contributed by atoms with E-state index in [0.29, 0.717) is 31.7 Å². The van der Waals surface area contributed by atoms with Crippen LogP contribution in [0.5, 0.6) is 11.5 Å². The topological polar surface area (TPSA) is 69.0 Å². The molecule has 0 N–H and O–H groups in total. The van der Waals surface area contributed by atoms with E-state index < -0.39 is 0 Å². The Morgan fingerprint density at radius 3 is 2.57 bits per heavy atom. The second-order valence-electron chi connectivity index (χ2n) is 9.27. The fourth-order valence-electron chi connectivity index (χ4n) is 4.84. The van der Waals surface area contributed by atoms with Crippen molar-refractivity contribution in [3.05, 3.63) is 119 Å². The number of carbonyl (C=O) groups excluding carboxylic acids is 2. The third kappa shape index (κ3) is 5.43. The molecule has 0 aliphatic carbocycles. The zero-order valence-electron chi connectivity index (χ0n) is 21.0. The third-order valence-electron chi connectivity index (χ3n) is 6.66. The first-order chi connectivity index (χ1) is 18.0. The van der Waals surface area contributed by atoms with E-state index in [1.165, 1.54) is 0 Å². The van der Waals surface area contributed by atoms with E-state index >= 15 is 0 Å². The fraction of sp³-hybridized carbons (Fsp3) is 0.226. The number of hydrogen-bond acceptors (Lipinski definition) is 5. The minimum absolute atomic E-state index is 0.0116. The lowest BCUT2D eigenvalue weighted by Crippen LogP contribution is -2.39. The Morgan fingerprint density at radius 2 is 1.84 bits per heavy atom. The Balaban J connectivity index is 1.42. The summed E-state index contributed by atoms with van der Waals surface area (Å²) in [7, 11) is 1.64. The molecule has 6 heteroatoms. The number of carbonyl (C=O) groups is 2. The molecule has 2 heterocycles. The molecule has 0 radical (unpaired) electrons. The van der Waals surface area contributed by atoms with E-state index in [2.05, 4.69) is 6.07 Å². The predicted octanol–water partition coefficient (Wildman–Crippen LogP) is 5.94. The number of methoxy groups -OCH3 is 1. The van der Waals surface area contributed by atoms with Crippen LogP contribution in [0.1, 0.15) is 51.3 Å². The van der Waals surface area contributed by atoms with Crippen LogP contribution in [0.15, 0.2) is 89.5 Å². The van der Waals surface area contributed by atoms with Crippen molar-refractivity contribution in [2.45, 2.75) is 39.0 Å². The normalized spacial score (nSPS) is 14.8. The van der Waals surface area contributed by atoms with Gasteiger partial charge in [-0.25, -0.2) is 0 Å². The van der Waals surface area contributed by atoms with E-state index in [9.17, 15) is 9.59 Å². The average Bonchev–Trinajstić information content (AvgIpc) is 3.43. The summed E-state index contributed by atoms with van der Waals surface area (Å²) in [5.74, 6) is 2.28. The van der Waals surface area contributed by atoms with E-state index in [1.54, 1.807) is 20.3 Å². The number of hydrogen-bond donors (Lipinski definition) is 0. The molecule has 0 bridgehead atoms. The first kappa shape index (κ1) is 24.4. The highest BCUT2D eigenvalue weighted by molar-refractivity contribution is 5.97. The molecule has 37 heavy (non-hydrogen) atoms. The number of ether oxygens (including phenoxy) is 2. The number of nitrogens with zero attached hydrogens (tertiary/aromatic N) is 1. The molecule has 1 amide bonds. The predicted molar refractivity (Wildman–Crippen MR) is 140 cm³/mol. The van der Waals surface area contributed by atoms with Crippen LogP contribution in [0.25, 0.3) is 0 Å². The van der Waals surface area contributed by atoms with Gasteiger partial charge in [-0.15, -0.1) is 0 Å². The van der Waals surface area contributed by atoms with Gasteiger partial charge in [-0.2, -0.15) is 0 Å². The second-order valence-corrected chi connectivity index (χ2v) is 9.27. The van der Waals surface area contributed by atoms with Crippen LogP contribution in [0.4, 0.5) is 0 Å². The molecule has 188 valence electrons. The number of fused-ring (bicyclic) bond motifs is 1. The van der Waals surface area contributed by atoms with Crippen molar-refractivity contribution in [1.82, 2.24) is 4.90 Å². The molecule has 0 saturated heterocycles. The van der Waals surface area contributed by atoms with Gasteiger partial charge in [0.1, 0.15) is 29.6 Å². The molecule has 1 unspecified atom stereocenters. The van der Waals surface area contributed by atoms with Crippen molar-refractivity contribution in [3.63, 3.8) is 0 Å². The van der Waals surface area contributed by atoms with Crippen LogP contribution in [-0.2, 0) is 30.8 Å². The lowest BCUT2D eigenvalue weighted by Gasteiger charge is -2.37. The van der Waals surface area contributed by atoms with Crippen molar-refractivity contribution < 1.29 is 23.5 Å². The molecule has 1 aromatic heterocycles. The maximum Gasteiger partial charge on any atom is 0.255 e. The van der Waals surface area contributed by atoms with Gasteiger partial charge >= 0.3 is 0 Å². The summed E-state index contributed by atoms with van der Waals surface area (Å²) in [6.07, 6.45) is 2.74. The SMILES string of the molecule is COc1ccc(C2Cc3ccccc3C(=O)N2Cc2ccco2)cc1COc1ccc(CC(C)=O)cc1. The molecule has 1 aliphatic rings. The Bertz CT molecular complexity index is 1390. The molecule has 1 atom stereocenters. The quantitative estimate of drug-likeness (QED) is 0.288. The van der Waals surface area contributed by atoms with Crippen molar-refractivity contribution in [2.24, 2.45) is 0 Å². The van der Waals surface area contributed by atoms with Gasteiger partial charge in [0.15, 0.2) is 0 Å². The van der Waals surface area contributed by atoms with E-state index in [4.69, 9.17) is 13.9 Å². The summed E-state index contributed by atoms with van der Waals surface area (Å²) >= 11 is 0. The average molecular weight is 496 g/mol. The van der Waals surface area contributed by atoms with Gasteiger partial charge in [-0.1, -0.05) is 36.4 Å². The first-order valence-electron chi connectivity index (χ1n) is 12.3. The molecule has 5 rings (SSSR count). The van der Waals surface area contributed by atoms with Crippen molar-refractivity contribution in [3.8, 4) is 11.5 Å². The Labute approximate surface area is 216 Å². The van der Waals surface area contributed by atoms with Crippen LogP contribution < -0.4 is 9.47 Å². The zero-order chi connectivity index (χ0) is 25.8. The van der Waals surface area contributed by atoms with Gasteiger partial charge in [0.2, 0.25) is 0 Å². The highest BCUT2D eigenvalue weighted by Gasteiger charge is 2.34. The summed E-state index contributed by atoms with van der Waals surface area (Å²) in [5.41, 5.74) is 4.61. The minimum Gasteiger partial charge on any atom is -0.496 e. The third-order valence-corrected chi connectivity index (χ3v) is 6.66. The second kappa shape index (κ2) is 10.7. The molecule has 6 nitrogen and oxygen atoms in total. The minimum atomic E-state index is -0.164. The standard InChI is InChI=1S/C31H29NO5/c1-21(33)16-22-9-12-26(13-10-22)37-20-25-17-24(11-14-30(25)35-2)29-18-23-6-3-4-8-28(23)31(34)32(29)19-27-7-5-15-36-27/h3-15,17,29H,16,18-20H2,1-2H3. The molecule has 4 aromatic rings. The molecule has 1 aliphatic heterocycles. The fourth-order valence-corrected chi connectivity index (χ4v) is 4.84. The Kier molecular flexibility index (Phi) is 7.08.